The zero-order chi connectivity index (χ0) is 18.4. The van der Waals surface area contributed by atoms with E-state index in [2.05, 4.69) is 29.0 Å². The molecule has 0 spiro atoms. The van der Waals surface area contributed by atoms with E-state index < -0.39 is 17.7 Å². The number of hydrogen-bond acceptors (Lipinski definition) is 5. The summed E-state index contributed by atoms with van der Waals surface area (Å²) >= 11 is 0. The lowest BCUT2D eigenvalue weighted by atomic mass is 9.93. The molecule has 3 aliphatic heterocycles. The summed E-state index contributed by atoms with van der Waals surface area (Å²) in [6.07, 6.45) is 0.172. The van der Waals surface area contributed by atoms with Crippen molar-refractivity contribution < 1.29 is 13.5 Å². The van der Waals surface area contributed by atoms with Crippen molar-refractivity contribution in [1.29, 1.82) is 0 Å². The molecule has 3 saturated heterocycles. The summed E-state index contributed by atoms with van der Waals surface area (Å²) in [6, 6.07) is 3.40. The van der Waals surface area contributed by atoms with Crippen LogP contribution in [0, 0.1) is 23.5 Å². The highest BCUT2D eigenvalue weighted by molar-refractivity contribution is 5.23. The van der Waals surface area contributed by atoms with Crippen molar-refractivity contribution in [2.75, 3.05) is 46.9 Å². The van der Waals surface area contributed by atoms with Crippen LogP contribution in [0.5, 0.6) is 0 Å². The maximum absolute atomic E-state index is 14.1. The van der Waals surface area contributed by atoms with Gasteiger partial charge in [0.15, 0.2) is 0 Å². The van der Waals surface area contributed by atoms with Gasteiger partial charge >= 0.3 is 0 Å². The van der Waals surface area contributed by atoms with Crippen molar-refractivity contribution in [3.63, 3.8) is 0 Å². The first-order valence-electron chi connectivity index (χ1n) is 9.40. The van der Waals surface area contributed by atoms with E-state index in [9.17, 15) is 8.78 Å². The van der Waals surface area contributed by atoms with Crippen LogP contribution in [0.25, 0.3) is 0 Å². The van der Waals surface area contributed by atoms with E-state index in [1.807, 2.05) is 0 Å². The number of rotatable bonds is 3. The molecule has 4 rings (SSSR count). The minimum absolute atomic E-state index is 0.232. The van der Waals surface area contributed by atoms with Crippen LogP contribution in [0.1, 0.15) is 18.1 Å². The Morgan fingerprint density at radius 2 is 1.81 bits per heavy atom. The summed E-state index contributed by atoms with van der Waals surface area (Å²) in [6.45, 7) is 4.85. The second-order valence-electron chi connectivity index (χ2n) is 8.17. The molecule has 1 aromatic rings. The fraction of sp³-hybridized carbons (Fsp3) is 0.684. The number of hydrogen-bond donors (Lipinski definition) is 1. The zero-order valence-electron chi connectivity index (χ0n) is 15.4. The molecule has 3 fully saturated rings. The molecule has 144 valence electrons. The Morgan fingerprint density at radius 1 is 1.12 bits per heavy atom. The molecule has 2 unspecified atom stereocenters. The highest BCUT2D eigenvalue weighted by Gasteiger charge is 2.44. The van der Waals surface area contributed by atoms with Gasteiger partial charge < -0.3 is 10.5 Å². The SMILES string of the molecule is CN(C)N1CC2CN([C@H]3CO[C@H](c4cc(F)ccc4F)[C@@H](N)C3)CC2C1. The summed E-state index contributed by atoms with van der Waals surface area (Å²) in [5.74, 6) is 0.459. The first-order chi connectivity index (χ1) is 12.4. The molecule has 3 heterocycles. The van der Waals surface area contributed by atoms with Gasteiger partial charge in [-0.1, -0.05) is 0 Å². The van der Waals surface area contributed by atoms with Crippen LogP contribution in [-0.2, 0) is 4.74 Å². The molecule has 26 heavy (non-hydrogen) atoms. The van der Waals surface area contributed by atoms with Crippen LogP contribution < -0.4 is 5.73 Å². The normalized spacial score (nSPS) is 36.0. The number of nitrogens with zero attached hydrogens (tertiary/aromatic N) is 3. The van der Waals surface area contributed by atoms with Gasteiger partial charge in [0.05, 0.1) is 6.61 Å². The average Bonchev–Trinajstić information content (AvgIpc) is 3.16. The third-order valence-electron chi connectivity index (χ3n) is 6.24. The number of fused-ring (bicyclic) bond motifs is 1. The summed E-state index contributed by atoms with van der Waals surface area (Å²) < 4.78 is 33.5. The quantitative estimate of drug-likeness (QED) is 0.878. The van der Waals surface area contributed by atoms with Gasteiger partial charge in [-0.05, 0) is 36.5 Å². The zero-order valence-corrected chi connectivity index (χ0v) is 15.4. The fourth-order valence-electron chi connectivity index (χ4n) is 4.78. The second kappa shape index (κ2) is 7.13. The van der Waals surface area contributed by atoms with Crippen LogP contribution in [0.4, 0.5) is 8.78 Å². The second-order valence-corrected chi connectivity index (χ2v) is 8.17. The molecule has 3 aliphatic rings. The lowest BCUT2D eigenvalue weighted by Crippen LogP contribution is -2.49. The molecule has 0 radical (unpaired) electrons. The van der Waals surface area contributed by atoms with E-state index in [0.29, 0.717) is 18.4 Å². The molecule has 5 atom stereocenters. The Labute approximate surface area is 153 Å². The van der Waals surface area contributed by atoms with Gasteiger partial charge in [0.2, 0.25) is 0 Å². The highest BCUT2D eigenvalue weighted by atomic mass is 19.1. The Kier molecular flexibility index (Phi) is 5.00. The number of nitrogens with two attached hydrogens (primary N) is 1. The third-order valence-corrected chi connectivity index (χ3v) is 6.24. The topological polar surface area (TPSA) is 45.0 Å². The minimum Gasteiger partial charge on any atom is -0.370 e. The Bertz CT molecular complexity index is 644. The number of likely N-dealkylation sites (tertiary alicyclic amines) is 1. The van der Waals surface area contributed by atoms with Crippen molar-refractivity contribution in [3.8, 4) is 0 Å². The molecule has 5 nitrogen and oxygen atoms in total. The van der Waals surface area contributed by atoms with E-state index in [0.717, 1.165) is 44.7 Å². The van der Waals surface area contributed by atoms with Crippen LogP contribution in [0.2, 0.25) is 0 Å². The molecule has 7 heteroatoms. The third kappa shape index (κ3) is 3.39. The van der Waals surface area contributed by atoms with Crippen molar-refractivity contribution in [3.05, 3.63) is 35.4 Å². The van der Waals surface area contributed by atoms with E-state index in [4.69, 9.17) is 10.5 Å². The Morgan fingerprint density at radius 3 is 2.42 bits per heavy atom. The maximum Gasteiger partial charge on any atom is 0.129 e. The number of hydrazine groups is 1. The average molecular weight is 366 g/mol. The van der Waals surface area contributed by atoms with Crippen LogP contribution in [0.15, 0.2) is 18.2 Å². The predicted molar refractivity (Wildman–Crippen MR) is 95.2 cm³/mol. The lowest BCUT2D eigenvalue weighted by Gasteiger charge is -2.39. The first-order valence-corrected chi connectivity index (χ1v) is 9.40. The van der Waals surface area contributed by atoms with E-state index in [1.54, 1.807) is 0 Å². The largest absolute Gasteiger partial charge is 0.370 e. The van der Waals surface area contributed by atoms with Gasteiger partial charge in [0.25, 0.3) is 0 Å². The highest BCUT2D eigenvalue weighted by Crippen LogP contribution is 2.36. The molecule has 1 aromatic carbocycles. The standard InChI is InChI=1S/C19H28F2N4O/c1-23(2)25-9-12-7-24(8-13(12)10-25)15-6-18(22)19(26-11-15)16-5-14(20)3-4-17(16)21/h3-5,12-13,15,18-19H,6-11,22H2,1-2H3/t12?,13?,15-,18+,19-/m1/s1. The lowest BCUT2D eigenvalue weighted by molar-refractivity contribution is -0.0506. The van der Waals surface area contributed by atoms with Crippen molar-refractivity contribution in [1.82, 2.24) is 14.9 Å². The van der Waals surface area contributed by atoms with Crippen LogP contribution in [-0.4, -0.2) is 73.9 Å². The summed E-state index contributed by atoms with van der Waals surface area (Å²) in [7, 11) is 4.19. The molecular formula is C19H28F2N4O. The van der Waals surface area contributed by atoms with Gasteiger partial charge in [-0.2, -0.15) is 0 Å². The van der Waals surface area contributed by atoms with Gasteiger partial charge in [-0.25, -0.2) is 18.8 Å². The molecule has 0 saturated carbocycles. The number of halogens is 2. The molecule has 0 aliphatic carbocycles. The Hall–Kier alpha value is -1.12. The summed E-state index contributed by atoms with van der Waals surface area (Å²) in [5.41, 5.74) is 6.54. The monoisotopic (exact) mass is 366 g/mol. The molecule has 0 bridgehead atoms. The van der Waals surface area contributed by atoms with Gasteiger partial charge in [0.1, 0.15) is 17.7 Å². The first kappa shape index (κ1) is 18.3. The van der Waals surface area contributed by atoms with Gasteiger partial charge in [-0.15, -0.1) is 0 Å². The van der Waals surface area contributed by atoms with Crippen molar-refractivity contribution >= 4 is 0 Å². The predicted octanol–water partition coefficient (Wildman–Crippen LogP) is 1.46. The minimum atomic E-state index is -0.576. The van der Waals surface area contributed by atoms with Crippen LogP contribution >= 0.6 is 0 Å². The number of benzene rings is 1. The van der Waals surface area contributed by atoms with Crippen molar-refractivity contribution in [2.24, 2.45) is 17.6 Å². The van der Waals surface area contributed by atoms with E-state index >= 15 is 0 Å². The van der Waals surface area contributed by atoms with Gasteiger partial charge in [0, 0.05) is 57.9 Å². The number of ether oxygens (including phenoxy) is 1. The van der Waals surface area contributed by atoms with Gasteiger partial charge in [-0.3, -0.25) is 4.90 Å². The molecule has 0 aromatic heterocycles. The van der Waals surface area contributed by atoms with Crippen LogP contribution in [0.3, 0.4) is 0 Å². The Balaban J connectivity index is 1.37. The molecule has 0 amide bonds. The van der Waals surface area contributed by atoms with E-state index in [1.165, 1.54) is 6.07 Å². The summed E-state index contributed by atoms with van der Waals surface area (Å²) in [4.78, 5) is 2.49. The molecule has 2 N–H and O–H groups in total. The van der Waals surface area contributed by atoms with E-state index in [-0.39, 0.29) is 17.6 Å². The molecular weight excluding hydrogens is 338 g/mol. The maximum atomic E-state index is 14.1. The smallest absolute Gasteiger partial charge is 0.129 e. The summed E-state index contributed by atoms with van der Waals surface area (Å²) in [5, 5.41) is 4.58. The van der Waals surface area contributed by atoms with Crippen molar-refractivity contribution in [2.45, 2.75) is 24.6 Å². The fourth-order valence-corrected chi connectivity index (χ4v) is 4.78.